The highest BCUT2D eigenvalue weighted by atomic mass is 32.1. The number of ether oxygens (including phenoxy) is 1. The predicted octanol–water partition coefficient (Wildman–Crippen LogP) is 3.72. The molecule has 1 unspecified atom stereocenters. The standard InChI is InChI=1S/C14H14FNOS/c1-8-4-5-18-14(8)13-7-11(16)10-3-2-9(15)6-12(10)17-13/h2-6,11,13H,7,16H2,1H3/t11-,13?/m1/s1. The van der Waals surface area contributed by atoms with E-state index in [9.17, 15) is 4.39 Å². The molecule has 1 aromatic heterocycles. The Morgan fingerprint density at radius 1 is 1.39 bits per heavy atom. The summed E-state index contributed by atoms with van der Waals surface area (Å²) >= 11 is 1.66. The highest BCUT2D eigenvalue weighted by Crippen LogP contribution is 2.42. The van der Waals surface area contributed by atoms with Crippen LogP contribution in [0.15, 0.2) is 29.6 Å². The van der Waals surface area contributed by atoms with Crippen LogP contribution >= 0.6 is 11.3 Å². The maximum Gasteiger partial charge on any atom is 0.135 e. The Kier molecular flexibility index (Phi) is 2.84. The zero-order valence-corrected chi connectivity index (χ0v) is 10.8. The fraction of sp³-hybridized carbons (Fsp3) is 0.286. The van der Waals surface area contributed by atoms with Crippen LogP contribution in [0.1, 0.15) is 34.6 Å². The minimum absolute atomic E-state index is 0.0608. The summed E-state index contributed by atoms with van der Waals surface area (Å²) in [5, 5.41) is 2.04. The molecule has 0 saturated heterocycles. The van der Waals surface area contributed by atoms with Gasteiger partial charge in [0.05, 0.1) is 0 Å². The van der Waals surface area contributed by atoms with Gasteiger partial charge in [-0.3, -0.25) is 0 Å². The molecule has 0 fully saturated rings. The Morgan fingerprint density at radius 3 is 2.94 bits per heavy atom. The monoisotopic (exact) mass is 263 g/mol. The number of fused-ring (bicyclic) bond motifs is 1. The van der Waals surface area contributed by atoms with Crippen molar-refractivity contribution >= 4 is 11.3 Å². The number of aryl methyl sites for hydroxylation is 1. The first-order valence-corrected chi connectivity index (χ1v) is 6.79. The average molecular weight is 263 g/mol. The van der Waals surface area contributed by atoms with Crippen molar-refractivity contribution in [3.8, 4) is 5.75 Å². The van der Waals surface area contributed by atoms with Crippen LogP contribution in [0.2, 0.25) is 0 Å². The van der Waals surface area contributed by atoms with Crippen molar-refractivity contribution in [2.75, 3.05) is 0 Å². The zero-order chi connectivity index (χ0) is 12.7. The van der Waals surface area contributed by atoms with Crippen molar-refractivity contribution in [2.24, 2.45) is 5.73 Å². The normalized spacial score (nSPS) is 22.4. The Labute approximate surface area is 109 Å². The molecule has 2 nitrogen and oxygen atoms in total. The number of rotatable bonds is 1. The molecule has 3 rings (SSSR count). The molecule has 0 amide bonds. The summed E-state index contributed by atoms with van der Waals surface area (Å²) in [6.45, 7) is 2.06. The van der Waals surface area contributed by atoms with Gasteiger partial charge in [0.25, 0.3) is 0 Å². The highest BCUT2D eigenvalue weighted by Gasteiger charge is 2.28. The fourth-order valence-corrected chi connectivity index (χ4v) is 3.32. The van der Waals surface area contributed by atoms with Crippen molar-refractivity contribution < 1.29 is 9.13 Å². The molecular formula is C14H14FNOS. The van der Waals surface area contributed by atoms with Gasteiger partial charge in [0.2, 0.25) is 0 Å². The second kappa shape index (κ2) is 4.37. The van der Waals surface area contributed by atoms with Crippen molar-refractivity contribution in [3.63, 3.8) is 0 Å². The van der Waals surface area contributed by atoms with Crippen LogP contribution in [0.25, 0.3) is 0 Å². The molecule has 0 saturated carbocycles. The SMILES string of the molecule is Cc1ccsc1C1C[C@@H](N)c2ccc(F)cc2O1. The van der Waals surface area contributed by atoms with Gasteiger partial charge in [-0.15, -0.1) is 11.3 Å². The zero-order valence-electron chi connectivity index (χ0n) is 10.0. The first kappa shape index (κ1) is 11.7. The molecule has 1 aromatic carbocycles. The molecule has 18 heavy (non-hydrogen) atoms. The van der Waals surface area contributed by atoms with E-state index in [1.807, 2.05) is 5.38 Å². The van der Waals surface area contributed by atoms with Crippen LogP contribution < -0.4 is 10.5 Å². The Balaban J connectivity index is 1.98. The van der Waals surface area contributed by atoms with Gasteiger partial charge in [-0.1, -0.05) is 6.07 Å². The lowest BCUT2D eigenvalue weighted by atomic mass is 9.96. The van der Waals surface area contributed by atoms with Crippen LogP contribution in [-0.4, -0.2) is 0 Å². The van der Waals surface area contributed by atoms with Crippen molar-refractivity contribution in [2.45, 2.75) is 25.5 Å². The topological polar surface area (TPSA) is 35.2 Å². The predicted molar refractivity (Wildman–Crippen MR) is 70.4 cm³/mol. The van der Waals surface area contributed by atoms with E-state index in [-0.39, 0.29) is 18.0 Å². The maximum absolute atomic E-state index is 13.3. The van der Waals surface area contributed by atoms with Gasteiger partial charge in [-0.25, -0.2) is 4.39 Å². The maximum atomic E-state index is 13.3. The van der Waals surface area contributed by atoms with E-state index < -0.39 is 0 Å². The van der Waals surface area contributed by atoms with E-state index in [2.05, 4.69) is 13.0 Å². The lowest BCUT2D eigenvalue weighted by Crippen LogP contribution is -2.24. The van der Waals surface area contributed by atoms with Gasteiger partial charge in [-0.05, 0) is 30.0 Å². The number of hydrogen-bond donors (Lipinski definition) is 1. The number of benzene rings is 1. The average Bonchev–Trinajstić information content (AvgIpc) is 2.74. The lowest BCUT2D eigenvalue weighted by Gasteiger charge is -2.30. The summed E-state index contributed by atoms with van der Waals surface area (Å²) in [5.41, 5.74) is 8.24. The second-order valence-corrected chi connectivity index (χ2v) is 5.55. The number of hydrogen-bond acceptors (Lipinski definition) is 3. The van der Waals surface area contributed by atoms with Gasteiger partial charge in [0.1, 0.15) is 17.7 Å². The molecule has 2 aromatic rings. The van der Waals surface area contributed by atoms with Crippen LogP contribution in [0.3, 0.4) is 0 Å². The van der Waals surface area contributed by atoms with Gasteiger partial charge in [-0.2, -0.15) is 0 Å². The summed E-state index contributed by atoms with van der Waals surface area (Å²) in [4.78, 5) is 1.18. The Bertz CT molecular complexity index is 581. The summed E-state index contributed by atoms with van der Waals surface area (Å²) in [6.07, 6.45) is 0.675. The second-order valence-electron chi connectivity index (χ2n) is 4.60. The smallest absolute Gasteiger partial charge is 0.135 e. The summed E-state index contributed by atoms with van der Waals surface area (Å²) in [6, 6.07) is 6.53. The fourth-order valence-electron chi connectivity index (χ4n) is 2.35. The molecule has 0 bridgehead atoms. The number of halogens is 1. The molecule has 1 aliphatic rings. The summed E-state index contributed by atoms with van der Waals surface area (Å²) in [5.74, 6) is 0.288. The van der Waals surface area contributed by atoms with E-state index in [0.717, 1.165) is 12.0 Å². The van der Waals surface area contributed by atoms with Crippen molar-refractivity contribution in [3.05, 3.63) is 51.5 Å². The van der Waals surface area contributed by atoms with E-state index in [1.165, 1.54) is 22.6 Å². The molecule has 2 N–H and O–H groups in total. The van der Waals surface area contributed by atoms with Gasteiger partial charge < -0.3 is 10.5 Å². The largest absolute Gasteiger partial charge is 0.484 e. The molecule has 0 aliphatic carbocycles. The molecule has 0 spiro atoms. The molecular weight excluding hydrogens is 249 g/mol. The third kappa shape index (κ3) is 1.91. The van der Waals surface area contributed by atoms with E-state index >= 15 is 0 Å². The molecule has 0 radical (unpaired) electrons. The van der Waals surface area contributed by atoms with Gasteiger partial charge in [0.15, 0.2) is 0 Å². The molecule has 2 heterocycles. The number of nitrogens with two attached hydrogens (primary N) is 1. The molecule has 1 aliphatic heterocycles. The van der Waals surface area contributed by atoms with Crippen molar-refractivity contribution in [1.82, 2.24) is 0 Å². The van der Waals surface area contributed by atoms with Gasteiger partial charge >= 0.3 is 0 Å². The Morgan fingerprint density at radius 2 is 2.22 bits per heavy atom. The van der Waals surface area contributed by atoms with E-state index in [4.69, 9.17) is 10.5 Å². The third-order valence-electron chi connectivity index (χ3n) is 3.31. The van der Waals surface area contributed by atoms with Crippen LogP contribution in [0.5, 0.6) is 5.75 Å². The number of thiophene rings is 1. The van der Waals surface area contributed by atoms with E-state index in [1.54, 1.807) is 17.4 Å². The quantitative estimate of drug-likeness (QED) is 0.851. The minimum atomic E-state index is -0.287. The van der Waals surface area contributed by atoms with Crippen LogP contribution in [0.4, 0.5) is 4.39 Å². The lowest BCUT2D eigenvalue weighted by molar-refractivity contribution is 0.163. The Hall–Kier alpha value is -1.39. The van der Waals surface area contributed by atoms with Crippen LogP contribution in [0, 0.1) is 12.7 Å². The minimum Gasteiger partial charge on any atom is -0.484 e. The summed E-state index contributed by atoms with van der Waals surface area (Å²) < 4.78 is 19.2. The summed E-state index contributed by atoms with van der Waals surface area (Å²) in [7, 11) is 0. The first-order valence-electron chi connectivity index (χ1n) is 5.91. The van der Waals surface area contributed by atoms with Crippen LogP contribution in [-0.2, 0) is 0 Å². The molecule has 4 heteroatoms. The molecule has 2 atom stereocenters. The first-order chi connectivity index (χ1) is 8.65. The third-order valence-corrected chi connectivity index (χ3v) is 4.42. The van der Waals surface area contributed by atoms with Gasteiger partial charge in [0, 0.05) is 29.0 Å². The van der Waals surface area contributed by atoms with Crippen molar-refractivity contribution in [1.29, 1.82) is 0 Å². The highest BCUT2D eigenvalue weighted by molar-refractivity contribution is 7.10. The molecule has 94 valence electrons. The van der Waals surface area contributed by atoms with E-state index in [0.29, 0.717) is 5.75 Å².